The Kier molecular flexibility index (Phi) is 5.24. The van der Waals surface area contributed by atoms with Crippen LogP contribution in [0.2, 0.25) is 0 Å². The van der Waals surface area contributed by atoms with Gasteiger partial charge in [-0.2, -0.15) is 13.2 Å². The largest absolute Gasteiger partial charge is 0.416 e. The van der Waals surface area contributed by atoms with E-state index in [0.29, 0.717) is 24.2 Å². The Labute approximate surface area is 134 Å². The van der Waals surface area contributed by atoms with Crippen molar-refractivity contribution in [2.24, 2.45) is 0 Å². The van der Waals surface area contributed by atoms with Crippen LogP contribution in [0.5, 0.6) is 0 Å². The standard InChI is InChI=1S/C17H23F3N2O/c18-17(19,20)16-4-2-1-3-13(16)11-22-8-5-15(12-22)21-14-6-9-23-10-7-14/h1-4,14-15,21H,5-12H2. The molecule has 3 nitrogen and oxygen atoms in total. The third-order valence-corrected chi connectivity index (χ3v) is 4.68. The Balaban J connectivity index is 1.56. The Morgan fingerprint density at radius 3 is 2.57 bits per heavy atom. The molecule has 2 heterocycles. The normalized spacial score (nSPS) is 24.2. The van der Waals surface area contributed by atoms with Crippen LogP contribution in [0.15, 0.2) is 24.3 Å². The molecule has 0 amide bonds. The number of benzene rings is 1. The first kappa shape index (κ1) is 16.7. The summed E-state index contributed by atoms with van der Waals surface area (Å²) in [5.41, 5.74) is -0.146. The molecule has 0 spiro atoms. The van der Waals surface area contributed by atoms with Crippen LogP contribution in [0.1, 0.15) is 30.4 Å². The van der Waals surface area contributed by atoms with Gasteiger partial charge in [-0.1, -0.05) is 18.2 Å². The zero-order valence-electron chi connectivity index (χ0n) is 13.1. The summed E-state index contributed by atoms with van der Waals surface area (Å²) in [7, 11) is 0. The quantitative estimate of drug-likeness (QED) is 0.919. The van der Waals surface area contributed by atoms with E-state index in [2.05, 4.69) is 10.2 Å². The second kappa shape index (κ2) is 7.20. The molecule has 23 heavy (non-hydrogen) atoms. The van der Waals surface area contributed by atoms with Crippen LogP contribution in [-0.4, -0.2) is 43.3 Å². The lowest BCUT2D eigenvalue weighted by atomic mass is 10.1. The number of halogens is 3. The summed E-state index contributed by atoms with van der Waals surface area (Å²) in [6.45, 7) is 3.61. The molecule has 1 aromatic carbocycles. The third kappa shape index (κ3) is 4.46. The summed E-state index contributed by atoms with van der Waals surface area (Å²) >= 11 is 0. The van der Waals surface area contributed by atoms with Gasteiger partial charge in [-0.25, -0.2) is 0 Å². The maximum atomic E-state index is 13.1. The molecule has 2 fully saturated rings. The van der Waals surface area contributed by atoms with Gasteiger partial charge in [0, 0.05) is 44.9 Å². The van der Waals surface area contributed by atoms with Gasteiger partial charge in [-0.3, -0.25) is 4.90 Å². The lowest BCUT2D eigenvalue weighted by Crippen LogP contribution is -2.42. The molecular formula is C17H23F3N2O. The lowest BCUT2D eigenvalue weighted by Gasteiger charge is -2.27. The minimum atomic E-state index is -4.28. The highest BCUT2D eigenvalue weighted by Gasteiger charge is 2.34. The number of likely N-dealkylation sites (tertiary alicyclic amines) is 1. The smallest absolute Gasteiger partial charge is 0.381 e. The van der Waals surface area contributed by atoms with Crippen molar-refractivity contribution in [2.45, 2.75) is 44.1 Å². The van der Waals surface area contributed by atoms with Gasteiger partial charge in [0.1, 0.15) is 0 Å². The predicted octanol–water partition coefficient (Wildman–Crippen LogP) is 3.05. The molecule has 2 saturated heterocycles. The molecule has 0 saturated carbocycles. The topological polar surface area (TPSA) is 24.5 Å². The predicted molar refractivity (Wildman–Crippen MR) is 82.1 cm³/mol. The Bertz CT molecular complexity index is 515. The Hall–Kier alpha value is -1.11. The van der Waals surface area contributed by atoms with Gasteiger partial charge >= 0.3 is 6.18 Å². The van der Waals surface area contributed by atoms with Gasteiger partial charge in [0.05, 0.1) is 5.56 Å². The van der Waals surface area contributed by atoms with Crippen LogP contribution in [0.25, 0.3) is 0 Å². The first-order chi connectivity index (χ1) is 11.0. The molecule has 1 N–H and O–H groups in total. The molecule has 6 heteroatoms. The van der Waals surface area contributed by atoms with E-state index in [1.807, 2.05) is 0 Å². The van der Waals surface area contributed by atoms with E-state index in [-0.39, 0.29) is 0 Å². The molecule has 1 atom stereocenters. The van der Waals surface area contributed by atoms with Crippen molar-refractivity contribution in [1.82, 2.24) is 10.2 Å². The second-order valence-electron chi connectivity index (χ2n) is 6.43. The number of rotatable bonds is 4. The average Bonchev–Trinajstić information content (AvgIpc) is 2.95. The van der Waals surface area contributed by atoms with Crippen molar-refractivity contribution in [3.63, 3.8) is 0 Å². The van der Waals surface area contributed by atoms with E-state index < -0.39 is 11.7 Å². The fraction of sp³-hybridized carbons (Fsp3) is 0.647. The number of ether oxygens (including phenoxy) is 1. The molecule has 1 unspecified atom stereocenters. The molecule has 0 bridgehead atoms. The van der Waals surface area contributed by atoms with Gasteiger partial charge in [0.2, 0.25) is 0 Å². The van der Waals surface area contributed by atoms with Crippen molar-refractivity contribution >= 4 is 0 Å². The fourth-order valence-corrected chi connectivity index (χ4v) is 3.49. The van der Waals surface area contributed by atoms with Crippen LogP contribution in [0.3, 0.4) is 0 Å². The molecule has 2 aliphatic rings. The number of nitrogens with zero attached hydrogens (tertiary/aromatic N) is 1. The van der Waals surface area contributed by atoms with Crippen LogP contribution in [0, 0.1) is 0 Å². The van der Waals surface area contributed by atoms with Gasteiger partial charge in [-0.05, 0) is 30.9 Å². The van der Waals surface area contributed by atoms with E-state index >= 15 is 0 Å². The molecular weight excluding hydrogens is 305 g/mol. The number of hydrogen-bond donors (Lipinski definition) is 1. The summed E-state index contributed by atoms with van der Waals surface area (Å²) in [5.74, 6) is 0. The average molecular weight is 328 g/mol. The monoisotopic (exact) mass is 328 g/mol. The summed E-state index contributed by atoms with van der Waals surface area (Å²) in [5, 5.41) is 3.63. The SMILES string of the molecule is FC(F)(F)c1ccccc1CN1CCC(NC2CCOCC2)C1. The van der Waals surface area contributed by atoms with Crippen LogP contribution < -0.4 is 5.32 Å². The van der Waals surface area contributed by atoms with Crippen molar-refractivity contribution < 1.29 is 17.9 Å². The number of alkyl halides is 3. The van der Waals surface area contributed by atoms with Crippen molar-refractivity contribution in [3.8, 4) is 0 Å². The molecule has 0 aromatic heterocycles. The first-order valence-corrected chi connectivity index (χ1v) is 8.23. The van der Waals surface area contributed by atoms with E-state index in [0.717, 1.165) is 45.6 Å². The van der Waals surface area contributed by atoms with Crippen LogP contribution >= 0.6 is 0 Å². The molecule has 2 aliphatic heterocycles. The van der Waals surface area contributed by atoms with E-state index in [9.17, 15) is 13.2 Å². The molecule has 0 radical (unpaired) electrons. The molecule has 3 rings (SSSR count). The zero-order valence-corrected chi connectivity index (χ0v) is 13.1. The summed E-state index contributed by atoms with van der Waals surface area (Å²) < 4.78 is 44.5. The van der Waals surface area contributed by atoms with Gasteiger partial charge < -0.3 is 10.1 Å². The number of nitrogens with one attached hydrogen (secondary N) is 1. The fourth-order valence-electron chi connectivity index (χ4n) is 3.49. The van der Waals surface area contributed by atoms with E-state index in [1.165, 1.54) is 12.1 Å². The molecule has 128 valence electrons. The highest BCUT2D eigenvalue weighted by atomic mass is 19.4. The van der Waals surface area contributed by atoms with Crippen molar-refractivity contribution in [3.05, 3.63) is 35.4 Å². The second-order valence-corrected chi connectivity index (χ2v) is 6.43. The van der Waals surface area contributed by atoms with Crippen LogP contribution in [-0.2, 0) is 17.5 Å². The molecule has 1 aromatic rings. The number of hydrogen-bond acceptors (Lipinski definition) is 3. The van der Waals surface area contributed by atoms with Gasteiger partial charge in [0.15, 0.2) is 0 Å². The lowest BCUT2D eigenvalue weighted by molar-refractivity contribution is -0.138. The Morgan fingerprint density at radius 2 is 1.83 bits per heavy atom. The molecule has 0 aliphatic carbocycles. The summed E-state index contributed by atoms with van der Waals surface area (Å²) in [6, 6.07) is 6.74. The maximum Gasteiger partial charge on any atom is 0.416 e. The summed E-state index contributed by atoms with van der Waals surface area (Å²) in [6.07, 6.45) is -1.25. The highest BCUT2D eigenvalue weighted by molar-refractivity contribution is 5.29. The zero-order chi connectivity index (χ0) is 16.3. The minimum Gasteiger partial charge on any atom is -0.381 e. The minimum absolute atomic E-state index is 0.363. The third-order valence-electron chi connectivity index (χ3n) is 4.68. The first-order valence-electron chi connectivity index (χ1n) is 8.23. The van der Waals surface area contributed by atoms with Gasteiger partial charge in [-0.15, -0.1) is 0 Å². The maximum absolute atomic E-state index is 13.1. The van der Waals surface area contributed by atoms with Crippen molar-refractivity contribution in [2.75, 3.05) is 26.3 Å². The van der Waals surface area contributed by atoms with E-state index in [4.69, 9.17) is 4.74 Å². The van der Waals surface area contributed by atoms with Crippen LogP contribution in [0.4, 0.5) is 13.2 Å². The van der Waals surface area contributed by atoms with Gasteiger partial charge in [0.25, 0.3) is 0 Å². The Morgan fingerprint density at radius 1 is 1.09 bits per heavy atom. The summed E-state index contributed by atoms with van der Waals surface area (Å²) in [4.78, 5) is 2.11. The highest BCUT2D eigenvalue weighted by Crippen LogP contribution is 2.32. The van der Waals surface area contributed by atoms with Crippen molar-refractivity contribution in [1.29, 1.82) is 0 Å². The van der Waals surface area contributed by atoms with E-state index in [1.54, 1.807) is 12.1 Å².